The molecule has 2 N–H and O–H groups in total. The van der Waals surface area contributed by atoms with Crippen molar-refractivity contribution in [1.82, 2.24) is 5.06 Å². The fourth-order valence-electron chi connectivity index (χ4n) is 2.45. The molecule has 1 saturated heterocycles. The van der Waals surface area contributed by atoms with Crippen LogP contribution in [0.2, 0.25) is 0 Å². The minimum absolute atomic E-state index is 0. The van der Waals surface area contributed by atoms with E-state index in [1.807, 2.05) is 33.9 Å². The monoisotopic (exact) mass is 284 g/mol. The van der Waals surface area contributed by atoms with Gasteiger partial charge in [0.05, 0.1) is 12.5 Å². The minimum atomic E-state index is -0.137. The third kappa shape index (κ3) is 4.46. The SMILES string of the molecule is C.CC1(C)CCC(CC#N)N1O.CC1(C)CCC=[N+]1O. The van der Waals surface area contributed by atoms with Crippen molar-refractivity contribution >= 4 is 6.21 Å². The maximum atomic E-state index is 9.53. The lowest BCUT2D eigenvalue weighted by Crippen LogP contribution is -2.39. The number of hydrogen-bond donors (Lipinski definition) is 2. The van der Waals surface area contributed by atoms with Crippen LogP contribution in [0.3, 0.4) is 0 Å². The maximum Gasteiger partial charge on any atom is 0.206 e. The molecule has 5 nitrogen and oxygen atoms in total. The lowest BCUT2D eigenvalue weighted by molar-refractivity contribution is -0.814. The number of hydroxylamine groups is 3. The highest BCUT2D eigenvalue weighted by atomic mass is 16.5. The van der Waals surface area contributed by atoms with Gasteiger partial charge in [0.25, 0.3) is 0 Å². The summed E-state index contributed by atoms with van der Waals surface area (Å²) < 4.78 is 1.30. The van der Waals surface area contributed by atoms with Crippen LogP contribution in [0.15, 0.2) is 0 Å². The Labute approximate surface area is 123 Å². The third-order valence-electron chi connectivity index (χ3n) is 4.06. The second-order valence-corrected chi connectivity index (χ2v) is 6.59. The Morgan fingerprint density at radius 3 is 2.20 bits per heavy atom. The first-order chi connectivity index (χ1) is 8.70. The fraction of sp³-hybridized carbons (Fsp3) is 0.867. The molecule has 0 amide bonds. The summed E-state index contributed by atoms with van der Waals surface area (Å²) in [7, 11) is 0. The number of nitriles is 1. The Balaban J connectivity index is 0.000000359. The van der Waals surface area contributed by atoms with Crippen molar-refractivity contribution in [3.8, 4) is 6.07 Å². The van der Waals surface area contributed by atoms with Crippen molar-refractivity contribution in [2.45, 2.75) is 84.3 Å². The zero-order chi connectivity index (χ0) is 14.7. The molecule has 1 unspecified atom stereocenters. The summed E-state index contributed by atoms with van der Waals surface area (Å²) in [5.74, 6) is 0. The summed E-state index contributed by atoms with van der Waals surface area (Å²) in [6, 6.07) is 2.13. The van der Waals surface area contributed by atoms with Gasteiger partial charge in [-0.1, -0.05) is 7.43 Å². The highest BCUT2D eigenvalue weighted by Crippen LogP contribution is 2.32. The van der Waals surface area contributed by atoms with Crippen LogP contribution in [0.5, 0.6) is 0 Å². The van der Waals surface area contributed by atoms with Crippen LogP contribution >= 0.6 is 0 Å². The molecule has 0 bridgehead atoms. The molecule has 2 aliphatic rings. The Morgan fingerprint density at radius 1 is 1.35 bits per heavy atom. The Kier molecular flexibility index (Phi) is 6.66. The number of hydrogen-bond acceptors (Lipinski definition) is 4. The molecule has 2 rings (SSSR count). The van der Waals surface area contributed by atoms with Gasteiger partial charge in [-0.3, -0.25) is 5.21 Å². The highest BCUT2D eigenvalue weighted by molar-refractivity contribution is 5.52. The Bertz CT molecular complexity index is 383. The predicted octanol–water partition coefficient (Wildman–Crippen LogP) is 3.20. The molecule has 0 radical (unpaired) electrons. The van der Waals surface area contributed by atoms with Gasteiger partial charge in [0.15, 0.2) is 6.21 Å². The average Bonchev–Trinajstić information content (AvgIpc) is 2.74. The lowest BCUT2D eigenvalue weighted by Gasteiger charge is -2.28. The minimum Gasteiger partial charge on any atom is -0.313 e. The molecule has 5 heteroatoms. The van der Waals surface area contributed by atoms with Crippen molar-refractivity contribution in [3.63, 3.8) is 0 Å². The van der Waals surface area contributed by atoms with Crippen LogP contribution in [0.25, 0.3) is 0 Å². The molecule has 0 aromatic rings. The Hall–Kier alpha value is -1.12. The van der Waals surface area contributed by atoms with Crippen LogP contribution < -0.4 is 0 Å². The smallest absolute Gasteiger partial charge is 0.206 e. The number of rotatable bonds is 1. The fourth-order valence-corrected chi connectivity index (χ4v) is 2.45. The van der Waals surface area contributed by atoms with Crippen molar-refractivity contribution in [2.75, 3.05) is 0 Å². The van der Waals surface area contributed by atoms with Crippen molar-refractivity contribution in [2.24, 2.45) is 0 Å². The van der Waals surface area contributed by atoms with Gasteiger partial charge in [-0.05, 0) is 31.4 Å². The van der Waals surface area contributed by atoms with E-state index in [9.17, 15) is 5.21 Å². The summed E-state index contributed by atoms with van der Waals surface area (Å²) in [4.78, 5) is 0. The summed E-state index contributed by atoms with van der Waals surface area (Å²) in [6.07, 6.45) is 6.21. The molecule has 116 valence electrons. The van der Waals surface area contributed by atoms with E-state index in [0.29, 0.717) is 6.42 Å². The largest absolute Gasteiger partial charge is 0.313 e. The van der Waals surface area contributed by atoms with Crippen molar-refractivity contribution in [1.29, 1.82) is 5.26 Å². The van der Waals surface area contributed by atoms with Gasteiger partial charge in [-0.2, -0.15) is 10.3 Å². The molecule has 1 fully saturated rings. The van der Waals surface area contributed by atoms with E-state index >= 15 is 0 Å². The van der Waals surface area contributed by atoms with Crippen LogP contribution in [0.4, 0.5) is 0 Å². The molecule has 20 heavy (non-hydrogen) atoms. The van der Waals surface area contributed by atoms with Crippen LogP contribution in [0, 0.1) is 11.3 Å². The van der Waals surface area contributed by atoms with E-state index < -0.39 is 0 Å². The van der Waals surface area contributed by atoms with E-state index in [1.54, 1.807) is 0 Å². The van der Waals surface area contributed by atoms with Gasteiger partial charge < -0.3 is 5.21 Å². The third-order valence-corrected chi connectivity index (χ3v) is 4.06. The van der Waals surface area contributed by atoms with E-state index in [-0.39, 0.29) is 24.5 Å². The second-order valence-electron chi connectivity index (χ2n) is 6.59. The second kappa shape index (κ2) is 7.05. The summed E-state index contributed by atoms with van der Waals surface area (Å²) >= 11 is 0. The topological polar surface area (TPSA) is 70.5 Å². The highest BCUT2D eigenvalue weighted by Gasteiger charge is 2.38. The van der Waals surface area contributed by atoms with E-state index in [2.05, 4.69) is 6.07 Å². The molecular weight excluding hydrogens is 254 g/mol. The first-order valence-electron chi connectivity index (χ1n) is 6.87. The molecule has 0 aromatic carbocycles. The molecule has 0 aliphatic carbocycles. The van der Waals surface area contributed by atoms with Gasteiger partial charge in [-0.15, -0.1) is 0 Å². The average molecular weight is 284 g/mol. The molecule has 1 atom stereocenters. The number of nitrogens with zero attached hydrogens (tertiary/aromatic N) is 3. The predicted molar refractivity (Wildman–Crippen MR) is 79.1 cm³/mol. The normalized spacial score (nSPS) is 26.8. The zero-order valence-corrected chi connectivity index (χ0v) is 12.4. The Morgan fingerprint density at radius 2 is 1.95 bits per heavy atom. The zero-order valence-electron chi connectivity index (χ0n) is 12.4. The quantitative estimate of drug-likeness (QED) is 0.573. The molecule has 2 aliphatic heterocycles. The standard InChI is InChI=1S/C8H14N2O.C6H12NO.CH4/c1-8(2)5-3-7(4-6-9)10(8)11;1-6(2)4-3-5-7(6)8;/h7,11H,3-5H2,1-2H3;5,8H,3-4H2,1-2H3;1H4/q;+1;. The van der Waals surface area contributed by atoms with Gasteiger partial charge in [-0.25, -0.2) is 0 Å². The lowest BCUT2D eigenvalue weighted by atomic mass is 10.0. The maximum absolute atomic E-state index is 9.53. The van der Waals surface area contributed by atoms with Crippen molar-refractivity contribution in [3.05, 3.63) is 0 Å². The van der Waals surface area contributed by atoms with Crippen LogP contribution in [-0.2, 0) is 0 Å². The van der Waals surface area contributed by atoms with Crippen molar-refractivity contribution < 1.29 is 15.2 Å². The van der Waals surface area contributed by atoms with E-state index in [4.69, 9.17) is 10.5 Å². The first-order valence-corrected chi connectivity index (χ1v) is 6.87. The van der Waals surface area contributed by atoms with E-state index in [1.165, 1.54) is 9.80 Å². The molecule has 0 aromatic heterocycles. The summed E-state index contributed by atoms with van der Waals surface area (Å²) in [5, 5.41) is 28.3. The van der Waals surface area contributed by atoms with Gasteiger partial charge in [0.1, 0.15) is 0 Å². The van der Waals surface area contributed by atoms with Gasteiger partial charge >= 0.3 is 0 Å². The summed E-state index contributed by atoms with van der Waals surface area (Å²) in [5.41, 5.74) is -0.151. The van der Waals surface area contributed by atoms with Crippen LogP contribution in [-0.4, -0.2) is 43.6 Å². The molecule has 2 heterocycles. The first kappa shape index (κ1) is 18.9. The molecule has 0 saturated carbocycles. The van der Waals surface area contributed by atoms with Gasteiger partial charge in [0, 0.05) is 38.3 Å². The molecule has 0 spiro atoms. The summed E-state index contributed by atoms with van der Waals surface area (Å²) in [6.45, 7) is 8.03. The van der Waals surface area contributed by atoms with Gasteiger partial charge in [0.2, 0.25) is 5.54 Å². The van der Waals surface area contributed by atoms with E-state index in [0.717, 1.165) is 25.7 Å². The molecular formula is C15H30N3O2+. The van der Waals surface area contributed by atoms with Crippen LogP contribution in [0.1, 0.15) is 67.2 Å².